The van der Waals surface area contributed by atoms with Crippen LogP contribution in [0.3, 0.4) is 0 Å². The standard InChI is InChI=1S/C37H49ClN4O6S/c1-24-6-4-8-33(47-3)30-12-9-27(30)18-42-22-37(15-5-7-25-16-28(38)11-13-31(25)37)23-48-34-14-10-26(17-32(34)42)35(43)39-49(45,21-24)40-36(44)41-19-29(20-41)46-2/h10-11,13-14,16-17,24,27,29-30,33H,4-9,12,15,18-23H2,1-3H3,(H,39,40,43,44,45)/t24-,27-,30+,33-,37-,49-/m0/s1. The molecule has 2 aliphatic carbocycles. The number of nitrogens with zero attached hydrogens (tertiary/aromatic N) is 3. The summed E-state index contributed by atoms with van der Waals surface area (Å²) in [7, 11) is -0.00794. The van der Waals surface area contributed by atoms with Crippen molar-refractivity contribution in [3.05, 3.63) is 58.1 Å². The fourth-order valence-corrected chi connectivity index (χ4v) is 10.8. The highest BCUT2D eigenvalue weighted by molar-refractivity contribution is 7.92. The lowest BCUT2D eigenvalue weighted by molar-refractivity contribution is -0.0223. The van der Waals surface area contributed by atoms with Crippen LogP contribution < -0.4 is 14.4 Å². The lowest BCUT2D eigenvalue weighted by Crippen LogP contribution is -2.58. The maximum Gasteiger partial charge on any atom is 0.330 e. The van der Waals surface area contributed by atoms with Gasteiger partial charge in [0.25, 0.3) is 5.91 Å². The minimum Gasteiger partial charge on any atom is -0.490 e. The Bertz CT molecular complexity index is 1710. The van der Waals surface area contributed by atoms with E-state index in [-0.39, 0.29) is 29.3 Å². The third-order valence-corrected chi connectivity index (χ3v) is 13.8. The number of amides is 3. The predicted octanol–water partition coefficient (Wildman–Crippen LogP) is 6.24. The van der Waals surface area contributed by atoms with Crippen molar-refractivity contribution in [1.82, 2.24) is 9.62 Å². The third-order valence-electron chi connectivity index (χ3n) is 11.6. The van der Waals surface area contributed by atoms with Crippen LogP contribution in [0.2, 0.25) is 5.02 Å². The zero-order valence-corrected chi connectivity index (χ0v) is 30.4. The monoisotopic (exact) mass is 712 g/mol. The van der Waals surface area contributed by atoms with Gasteiger partial charge >= 0.3 is 6.03 Å². The van der Waals surface area contributed by atoms with Crippen LogP contribution in [0.15, 0.2) is 40.8 Å². The quantitative estimate of drug-likeness (QED) is 0.402. The van der Waals surface area contributed by atoms with Crippen LogP contribution in [0.25, 0.3) is 0 Å². The largest absolute Gasteiger partial charge is 0.490 e. The molecule has 2 aromatic rings. The molecule has 2 bridgehead atoms. The van der Waals surface area contributed by atoms with Gasteiger partial charge in [0.15, 0.2) is 0 Å². The second-order valence-electron chi connectivity index (χ2n) is 15.0. The van der Waals surface area contributed by atoms with E-state index in [9.17, 15) is 13.8 Å². The van der Waals surface area contributed by atoms with E-state index in [1.165, 1.54) is 16.0 Å². The van der Waals surface area contributed by atoms with Crippen LogP contribution in [-0.4, -0.2) is 86.0 Å². The second-order valence-corrected chi connectivity index (χ2v) is 17.4. The van der Waals surface area contributed by atoms with Gasteiger partial charge in [0.05, 0.1) is 43.3 Å². The molecule has 266 valence electrons. The topological polar surface area (TPSA) is 110 Å². The van der Waals surface area contributed by atoms with Crippen LogP contribution in [0.4, 0.5) is 10.5 Å². The number of halogens is 1. The van der Waals surface area contributed by atoms with E-state index in [2.05, 4.69) is 26.1 Å². The molecule has 7 rings (SSSR count). The summed E-state index contributed by atoms with van der Waals surface area (Å²) in [6, 6.07) is 11.2. The Hall–Kier alpha value is -2.86. The summed E-state index contributed by atoms with van der Waals surface area (Å²) in [4.78, 5) is 31.0. The van der Waals surface area contributed by atoms with Gasteiger partial charge in [-0.3, -0.25) is 9.52 Å². The number of benzene rings is 2. The van der Waals surface area contributed by atoms with E-state index >= 15 is 0 Å². The van der Waals surface area contributed by atoms with Crippen molar-refractivity contribution in [2.24, 2.45) is 22.1 Å². The van der Waals surface area contributed by atoms with E-state index in [1.54, 1.807) is 13.2 Å². The molecular formula is C37H49ClN4O6S. The van der Waals surface area contributed by atoms with Gasteiger partial charge in [-0.1, -0.05) is 31.0 Å². The number of carbonyl (C=O) groups excluding carboxylic acids is 2. The lowest BCUT2D eigenvalue weighted by atomic mass is 9.68. The molecular weight excluding hydrogens is 664 g/mol. The minimum atomic E-state index is -3.43. The van der Waals surface area contributed by atoms with Gasteiger partial charge in [0.1, 0.15) is 15.7 Å². The highest BCUT2D eigenvalue weighted by Crippen LogP contribution is 2.47. The molecule has 0 aromatic heterocycles. The minimum absolute atomic E-state index is 0.0320. The summed E-state index contributed by atoms with van der Waals surface area (Å²) in [5, 5.41) is 0.750. The fraction of sp³-hybridized carbons (Fsp3) is 0.622. The molecule has 1 spiro atoms. The number of aryl methyl sites for hydroxylation is 1. The number of hydrogen-bond acceptors (Lipinski definition) is 7. The van der Waals surface area contributed by atoms with Gasteiger partial charge < -0.3 is 24.0 Å². The zero-order valence-electron chi connectivity index (χ0n) is 28.8. The van der Waals surface area contributed by atoms with Crippen LogP contribution >= 0.6 is 11.6 Å². The van der Waals surface area contributed by atoms with E-state index in [0.29, 0.717) is 37.1 Å². The van der Waals surface area contributed by atoms with Crippen molar-refractivity contribution in [3.63, 3.8) is 0 Å². The Kier molecular flexibility index (Phi) is 9.91. The number of hydrogen-bond donors (Lipinski definition) is 1. The normalized spacial score (nSPS) is 32.0. The van der Waals surface area contributed by atoms with Gasteiger partial charge in [-0.2, -0.15) is 0 Å². The predicted molar refractivity (Wildman–Crippen MR) is 191 cm³/mol. The van der Waals surface area contributed by atoms with Crippen molar-refractivity contribution in [2.75, 3.05) is 57.7 Å². The zero-order chi connectivity index (χ0) is 34.3. The second kappa shape index (κ2) is 14.0. The van der Waals surface area contributed by atoms with Gasteiger partial charge in [0, 0.05) is 43.3 Å². The summed E-state index contributed by atoms with van der Waals surface area (Å²) in [5.74, 6) is 1.05. The van der Waals surface area contributed by atoms with E-state index in [0.717, 1.165) is 80.9 Å². The first-order valence-electron chi connectivity index (χ1n) is 17.8. The molecule has 3 aliphatic heterocycles. The summed E-state index contributed by atoms with van der Waals surface area (Å²) < 4.78 is 39.5. The first-order valence-corrected chi connectivity index (χ1v) is 19.9. The fourth-order valence-electron chi connectivity index (χ4n) is 8.73. The molecule has 5 aliphatic rings. The summed E-state index contributed by atoms with van der Waals surface area (Å²) >= 11 is 6.45. The molecule has 49 heavy (non-hydrogen) atoms. The first-order chi connectivity index (χ1) is 23.6. The van der Waals surface area contributed by atoms with Crippen LogP contribution in [0.1, 0.15) is 73.4 Å². The van der Waals surface area contributed by atoms with E-state index in [4.69, 9.17) is 25.8 Å². The Morgan fingerprint density at radius 1 is 1.06 bits per heavy atom. The molecule has 6 atom stereocenters. The molecule has 12 heteroatoms. The Morgan fingerprint density at radius 3 is 2.65 bits per heavy atom. The average Bonchev–Trinajstić information content (AvgIpc) is 3.18. The van der Waals surface area contributed by atoms with Crippen LogP contribution in [0.5, 0.6) is 5.75 Å². The van der Waals surface area contributed by atoms with Crippen LogP contribution in [0, 0.1) is 17.8 Å². The average molecular weight is 713 g/mol. The number of nitrogens with one attached hydrogen (secondary N) is 1. The smallest absolute Gasteiger partial charge is 0.330 e. The molecule has 1 N–H and O–H groups in total. The Morgan fingerprint density at radius 2 is 1.90 bits per heavy atom. The summed E-state index contributed by atoms with van der Waals surface area (Å²) in [6.07, 6.45) is 7.95. The van der Waals surface area contributed by atoms with Gasteiger partial charge in [-0.25, -0.2) is 9.00 Å². The van der Waals surface area contributed by atoms with Gasteiger partial charge in [0.2, 0.25) is 0 Å². The van der Waals surface area contributed by atoms with Crippen molar-refractivity contribution < 1.29 is 28.0 Å². The van der Waals surface area contributed by atoms with Gasteiger partial charge in [-0.15, -0.1) is 4.36 Å². The summed E-state index contributed by atoms with van der Waals surface area (Å²) in [6.45, 7) is 4.91. The van der Waals surface area contributed by atoms with Crippen molar-refractivity contribution in [1.29, 1.82) is 0 Å². The molecule has 0 unspecified atom stereocenters. The van der Waals surface area contributed by atoms with E-state index < -0.39 is 21.9 Å². The molecule has 3 amide bonds. The van der Waals surface area contributed by atoms with Crippen molar-refractivity contribution in [3.8, 4) is 5.75 Å². The number of urea groups is 1. The Labute approximate surface area is 295 Å². The number of carbonyl (C=O) groups is 2. The Balaban J connectivity index is 1.27. The van der Waals surface area contributed by atoms with Crippen LogP contribution in [-0.2, 0) is 31.2 Å². The molecule has 10 nitrogen and oxygen atoms in total. The van der Waals surface area contributed by atoms with Crippen molar-refractivity contribution in [2.45, 2.75) is 75.9 Å². The van der Waals surface area contributed by atoms with Gasteiger partial charge in [-0.05, 0) is 104 Å². The first kappa shape index (κ1) is 34.6. The highest BCUT2D eigenvalue weighted by Gasteiger charge is 2.45. The number of fused-ring (bicyclic) bond motifs is 4. The molecule has 3 heterocycles. The molecule has 2 fully saturated rings. The lowest BCUT2D eigenvalue weighted by Gasteiger charge is -2.46. The highest BCUT2D eigenvalue weighted by atomic mass is 35.5. The third kappa shape index (κ3) is 7.05. The number of ether oxygens (including phenoxy) is 3. The molecule has 1 saturated carbocycles. The number of likely N-dealkylation sites (tertiary alicyclic amines) is 1. The van der Waals surface area contributed by atoms with Crippen molar-refractivity contribution >= 4 is 39.1 Å². The molecule has 1 saturated heterocycles. The summed E-state index contributed by atoms with van der Waals surface area (Å²) in [5.41, 5.74) is 3.50. The molecule has 2 aromatic carbocycles. The van der Waals surface area contributed by atoms with E-state index in [1.807, 2.05) is 32.2 Å². The number of methoxy groups -OCH3 is 2. The maximum atomic E-state index is 14.4. The maximum absolute atomic E-state index is 14.4. The molecule has 0 radical (unpaired) electrons. The number of rotatable bonds is 3. The number of anilines is 1. The SMILES string of the molecule is COC1CN(C(=O)N[S@@]2(=O)=NC(=O)c3ccc4c(c3)N(C[C@@H]3CC[C@H]3[C@@H](OC)CCC[C@H](C)C2)C[C@@]2(CCCc3cc(Cl)ccc32)CO4)C1.